The molecule has 1 aliphatic rings. The lowest BCUT2D eigenvalue weighted by Crippen LogP contribution is -1.97. The molecular formula is C12H11NO2. The first-order valence-electron chi connectivity index (χ1n) is 4.79. The van der Waals surface area contributed by atoms with Gasteiger partial charge in [0.2, 0.25) is 0 Å². The quantitative estimate of drug-likeness (QED) is 0.689. The zero-order chi connectivity index (χ0) is 10.5. The Hall–Kier alpha value is -1.63. The Morgan fingerprint density at radius 2 is 2.13 bits per heavy atom. The van der Waals surface area contributed by atoms with Gasteiger partial charge < -0.3 is 9.47 Å². The molecule has 1 saturated heterocycles. The van der Waals surface area contributed by atoms with Crippen LogP contribution in [0, 0.1) is 11.3 Å². The molecule has 1 fully saturated rings. The highest BCUT2D eigenvalue weighted by Gasteiger charge is 2.17. The SMILES string of the molecule is N#C/C=C/c1cccc(C2OCCO2)c1. The summed E-state index contributed by atoms with van der Waals surface area (Å²) in [5.41, 5.74) is 1.97. The summed E-state index contributed by atoms with van der Waals surface area (Å²) in [7, 11) is 0. The lowest BCUT2D eigenvalue weighted by molar-refractivity contribution is -0.0441. The van der Waals surface area contributed by atoms with Crippen LogP contribution in [0.1, 0.15) is 17.4 Å². The molecule has 0 amide bonds. The van der Waals surface area contributed by atoms with E-state index in [9.17, 15) is 0 Å². The average Bonchev–Trinajstić information content (AvgIpc) is 2.80. The lowest BCUT2D eigenvalue weighted by Gasteiger charge is -2.09. The molecule has 0 unspecified atom stereocenters. The molecule has 0 N–H and O–H groups in total. The third kappa shape index (κ3) is 2.44. The van der Waals surface area contributed by atoms with Gasteiger partial charge in [0.15, 0.2) is 6.29 Å². The Morgan fingerprint density at radius 1 is 1.33 bits per heavy atom. The number of nitriles is 1. The van der Waals surface area contributed by atoms with E-state index in [1.54, 1.807) is 6.08 Å². The van der Waals surface area contributed by atoms with Crippen molar-refractivity contribution >= 4 is 6.08 Å². The molecule has 0 aliphatic carbocycles. The standard InChI is InChI=1S/C12H11NO2/c13-6-2-4-10-3-1-5-11(9-10)12-14-7-8-15-12/h1-5,9,12H,7-8H2/b4-2+. The summed E-state index contributed by atoms with van der Waals surface area (Å²) < 4.78 is 10.8. The van der Waals surface area contributed by atoms with Gasteiger partial charge in [-0.1, -0.05) is 18.2 Å². The Morgan fingerprint density at radius 3 is 2.87 bits per heavy atom. The predicted molar refractivity (Wildman–Crippen MR) is 55.7 cm³/mol. The molecule has 0 aromatic heterocycles. The second-order valence-electron chi connectivity index (χ2n) is 3.21. The van der Waals surface area contributed by atoms with E-state index >= 15 is 0 Å². The number of benzene rings is 1. The normalized spacial score (nSPS) is 17.0. The van der Waals surface area contributed by atoms with E-state index < -0.39 is 0 Å². The first kappa shape index (κ1) is 9.91. The van der Waals surface area contributed by atoms with E-state index in [-0.39, 0.29) is 6.29 Å². The van der Waals surface area contributed by atoms with E-state index in [0.29, 0.717) is 13.2 Å². The largest absolute Gasteiger partial charge is 0.346 e. The minimum atomic E-state index is -0.250. The highest BCUT2D eigenvalue weighted by molar-refractivity contribution is 5.52. The van der Waals surface area contributed by atoms with Crippen molar-refractivity contribution < 1.29 is 9.47 Å². The molecule has 1 heterocycles. The van der Waals surface area contributed by atoms with Gasteiger partial charge in [0.1, 0.15) is 0 Å². The van der Waals surface area contributed by atoms with Crippen LogP contribution in [-0.4, -0.2) is 13.2 Å². The Labute approximate surface area is 88.5 Å². The van der Waals surface area contributed by atoms with Gasteiger partial charge in [-0.25, -0.2) is 0 Å². The number of hydrogen-bond donors (Lipinski definition) is 0. The van der Waals surface area contributed by atoms with E-state index in [4.69, 9.17) is 14.7 Å². The molecule has 0 radical (unpaired) electrons. The van der Waals surface area contributed by atoms with Crippen LogP contribution in [0.5, 0.6) is 0 Å². The van der Waals surface area contributed by atoms with Crippen molar-refractivity contribution in [3.05, 3.63) is 41.5 Å². The molecule has 0 atom stereocenters. The minimum Gasteiger partial charge on any atom is -0.346 e. The van der Waals surface area contributed by atoms with Gasteiger partial charge in [-0.05, 0) is 17.7 Å². The molecule has 0 saturated carbocycles. The van der Waals surface area contributed by atoms with Crippen molar-refractivity contribution in [2.45, 2.75) is 6.29 Å². The van der Waals surface area contributed by atoms with Gasteiger partial charge >= 0.3 is 0 Å². The van der Waals surface area contributed by atoms with Crippen LogP contribution < -0.4 is 0 Å². The number of rotatable bonds is 2. The molecule has 3 heteroatoms. The topological polar surface area (TPSA) is 42.2 Å². The molecular weight excluding hydrogens is 190 g/mol. The third-order valence-electron chi connectivity index (χ3n) is 2.15. The maximum absolute atomic E-state index is 8.42. The molecule has 3 nitrogen and oxygen atoms in total. The Kier molecular flexibility index (Phi) is 3.13. The first-order valence-corrected chi connectivity index (χ1v) is 4.79. The Balaban J connectivity index is 2.18. The molecule has 0 spiro atoms. The molecule has 15 heavy (non-hydrogen) atoms. The van der Waals surface area contributed by atoms with Crippen LogP contribution in [0.2, 0.25) is 0 Å². The van der Waals surface area contributed by atoms with Gasteiger partial charge in [0, 0.05) is 11.6 Å². The number of hydrogen-bond acceptors (Lipinski definition) is 3. The van der Waals surface area contributed by atoms with E-state index in [1.807, 2.05) is 30.3 Å². The van der Waals surface area contributed by atoms with E-state index in [1.165, 1.54) is 6.08 Å². The van der Waals surface area contributed by atoms with Crippen molar-refractivity contribution in [3.63, 3.8) is 0 Å². The maximum atomic E-state index is 8.42. The molecule has 2 rings (SSSR count). The van der Waals surface area contributed by atoms with Gasteiger partial charge in [-0.15, -0.1) is 0 Å². The number of ether oxygens (including phenoxy) is 2. The Bertz CT molecular complexity index is 400. The predicted octanol–water partition coefficient (Wildman–Crippen LogP) is 2.27. The van der Waals surface area contributed by atoms with Crippen LogP contribution in [-0.2, 0) is 9.47 Å². The third-order valence-corrected chi connectivity index (χ3v) is 2.15. The van der Waals surface area contributed by atoms with Crippen molar-refractivity contribution in [2.24, 2.45) is 0 Å². The fourth-order valence-electron chi connectivity index (χ4n) is 1.49. The minimum absolute atomic E-state index is 0.250. The summed E-state index contributed by atoms with van der Waals surface area (Å²) in [5.74, 6) is 0. The number of allylic oxidation sites excluding steroid dienone is 1. The average molecular weight is 201 g/mol. The smallest absolute Gasteiger partial charge is 0.184 e. The summed E-state index contributed by atoms with van der Waals surface area (Å²) in [6.07, 6.45) is 2.97. The summed E-state index contributed by atoms with van der Waals surface area (Å²) in [5, 5.41) is 8.42. The van der Waals surface area contributed by atoms with Gasteiger partial charge in [0.25, 0.3) is 0 Å². The lowest BCUT2D eigenvalue weighted by atomic mass is 10.1. The van der Waals surface area contributed by atoms with Crippen molar-refractivity contribution in [3.8, 4) is 6.07 Å². The molecule has 1 aromatic carbocycles. The zero-order valence-corrected chi connectivity index (χ0v) is 8.22. The highest BCUT2D eigenvalue weighted by Crippen LogP contribution is 2.23. The molecule has 0 bridgehead atoms. The summed E-state index contributed by atoms with van der Waals surface area (Å²) in [6.45, 7) is 1.28. The van der Waals surface area contributed by atoms with Crippen LogP contribution >= 0.6 is 0 Å². The molecule has 1 aliphatic heterocycles. The van der Waals surface area contributed by atoms with Crippen molar-refractivity contribution in [1.82, 2.24) is 0 Å². The van der Waals surface area contributed by atoms with Crippen LogP contribution in [0.25, 0.3) is 6.08 Å². The summed E-state index contributed by atoms with van der Waals surface area (Å²) >= 11 is 0. The zero-order valence-electron chi connectivity index (χ0n) is 8.22. The number of nitrogens with zero attached hydrogens (tertiary/aromatic N) is 1. The van der Waals surface area contributed by atoms with E-state index in [0.717, 1.165) is 11.1 Å². The first-order chi connectivity index (χ1) is 7.40. The van der Waals surface area contributed by atoms with Gasteiger partial charge in [-0.3, -0.25) is 0 Å². The molecule has 1 aromatic rings. The monoisotopic (exact) mass is 201 g/mol. The van der Waals surface area contributed by atoms with Crippen LogP contribution in [0.3, 0.4) is 0 Å². The summed E-state index contributed by atoms with van der Waals surface area (Å²) in [6, 6.07) is 9.75. The van der Waals surface area contributed by atoms with E-state index in [2.05, 4.69) is 0 Å². The van der Waals surface area contributed by atoms with Crippen molar-refractivity contribution in [2.75, 3.05) is 13.2 Å². The van der Waals surface area contributed by atoms with Gasteiger partial charge in [-0.2, -0.15) is 5.26 Å². The maximum Gasteiger partial charge on any atom is 0.184 e. The van der Waals surface area contributed by atoms with Gasteiger partial charge in [0.05, 0.1) is 19.3 Å². The molecule has 76 valence electrons. The second kappa shape index (κ2) is 4.74. The fraction of sp³-hybridized carbons (Fsp3) is 0.250. The highest BCUT2D eigenvalue weighted by atomic mass is 16.7. The van der Waals surface area contributed by atoms with Crippen LogP contribution in [0.4, 0.5) is 0 Å². The summed E-state index contributed by atoms with van der Waals surface area (Å²) in [4.78, 5) is 0. The second-order valence-corrected chi connectivity index (χ2v) is 3.21. The fourth-order valence-corrected chi connectivity index (χ4v) is 1.49. The van der Waals surface area contributed by atoms with Crippen LogP contribution in [0.15, 0.2) is 30.3 Å². The van der Waals surface area contributed by atoms with Crippen molar-refractivity contribution in [1.29, 1.82) is 5.26 Å².